The first kappa shape index (κ1) is 15.7. The normalized spacial score (nSPS) is 14.6. The molecule has 0 aliphatic carbocycles. The molecular formula is C14H25N5. The Morgan fingerprint density at radius 3 is 2.74 bits per heavy atom. The zero-order valence-electron chi connectivity index (χ0n) is 12.6. The molecular weight excluding hydrogens is 238 g/mol. The first-order valence-corrected chi connectivity index (χ1v) is 6.70. The summed E-state index contributed by atoms with van der Waals surface area (Å²) in [6.07, 6.45) is 4.55. The van der Waals surface area contributed by atoms with Gasteiger partial charge in [-0.15, -0.1) is 0 Å². The third-order valence-electron chi connectivity index (χ3n) is 3.18. The van der Waals surface area contributed by atoms with E-state index in [0.717, 1.165) is 25.3 Å². The van der Waals surface area contributed by atoms with E-state index in [-0.39, 0.29) is 0 Å². The summed E-state index contributed by atoms with van der Waals surface area (Å²) in [6, 6.07) is 2.69. The smallest absolute Gasteiger partial charge is 0.122 e. The highest BCUT2D eigenvalue weighted by Gasteiger charge is 2.24. The van der Waals surface area contributed by atoms with Crippen LogP contribution in [0.2, 0.25) is 0 Å². The van der Waals surface area contributed by atoms with E-state index in [0.29, 0.717) is 6.04 Å². The Kier molecular flexibility index (Phi) is 5.52. The Balaban J connectivity index is 2.47. The van der Waals surface area contributed by atoms with Gasteiger partial charge in [-0.2, -0.15) is 5.26 Å². The Morgan fingerprint density at radius 1 is 1.58 bits per heavy atom. The maximum absolute atomic E-state index is 9.30. The van der Waals surface area contributed by atoms with Gasteiger partial charge in [-0.25, -0.2) is 4.98 Å². The number of nitrogens with one attached hydrogen (secondary N) is 1. The fourth-order valence-corrected chi connectivity index (χ4v) is 2.08. The Labute approximate surface area is 116 Å². The topological polar surface area (TPSA) is 56.9 Å². The third-order valence-corrected chi connectivity index (χ3v) is 3.18. The van der Waals surface area contributed by atoms with Crippen LogP contribution in [0.25, 0.3) is 0 Å². The lowest BCUT2D eigenvalue weighted by Gasteiger charge is -2.28. The van der Waals surface area contributed by atoms with Crippen LogP contribution in [0.4, 0.5) is 0 Å². The van der Waals surface area contributed by atoms with Crippen LogP contribution in [-0.4, -0.2) is 39.6 Å². The van der Waals surface area contributed by atoms with Crippen LogP contribution in [0.3, 0.4) is 0 Å². The molecule has 1 aromatic heterocycles. The molecule has 106 valence electrons. The highest BCUT2D eigenvalue weighted by atomic mass is 15.2. The minimum Gasteiger partial charge on any atom is -0.337 e. The average molecular weight is 263 g/mol. The van der Waals surface area contributed by atoms with Crippen LogP contribution < -0.4 is 5.32 Å². The maximum Gasteiger partial charge on any atom is 0.122 e. The molecule has 0 amide bonds. The van der Waals surface area contributed by atoms with Gasteiger partial charge in [0.15, 0.2) is 0 Å². The van der Waals surface area contributed by atoms with E-state index in [1.165, 1.54) is 0 Å². The maximum atomic E-state index is 9.30. The standard InChI is InChI=1S/C14H25N5/c1-12(2)17-14(3,11-15)6-8-18(4)10-13-16-7-9-19(13)5/h7,9,12,17H,6,8,10H2,1-5H3. The Bertz CT molecular complexity index is 431. The lowest BCUT2D eigenvalue weighted by molar-refractivity contribution is 0.268. The molecule has 19 heavy (non-hydrogen) atoms. The van der Waals surface area contributed by atoms with Gasteiger partial charge in [0.25, 0.3) is 0 Å². The number of rotatable bonds is 7. The molecule has 0 fully saturated rings. The zero-order valence-corrected chi connectivity index (χ0v) is 12.6. The first-order valence-electron chi connectivity index (χ1n) is 6.70. The molecule has 5 heteroatoms. The highest BCUT2D eigenvalue weighted by Crippen LogP contribution is 2.11. The SMILES string of the molecule is CC(C)NC(C)(C#N)CCN(C)Cc1nccn1C. The van der Waals surface area contributed by atoms with Crippen molar-refractivity contribution in [2.45, 2.75) is 45.3 Å². The molecule has 0 saturated carbocycles. The molecule has 1 aromatic rings. The highest BCUT2D eigenvalue weighted by molar-refractivity contribution is 5.04. The van der Waals surface area contributed by atoms with Crippen molar-refractivity contribution in [1.82, 2.24) is 19.8 Å². The summed E-state index contributed by atoms with van der Waals surface area (Å²) in [5.74, 6) is 1.04. The van der Waals surface area contributed by atoms with Crippen molar-refractivity contribution in [3.8, 4) is 6.07 Å². The quantitative estimate of drug-likeness (QED) is 0.810. The first-order chi connectivity index (χ1) is 8.86. The second-order valence-electron chi connectivity index (χ2n) is 5.69. The van der Waals surface area contributed by atoms with Crippen molar-refractivity contribution in [2.24, 2.45) is 7.05 Å². The molecule has 0 bridgehead atoms. The van der Waals surface area contributed by atoms with Crippen molar-refractivity contribution in [3.63, 3.8) is 0 Å². The number of hydrogen-bond donors (Lipinski definition) is 1. The van der Waals surface area contributed by atoms with E-state index in [2.05, 4.69) is 42.2 Å². The molecule has 0 aliphatic rings. The minimum absolute atomic E-state index is 0.310. The van der Waals surface area contributed by atoms with E-state index in [9.17, 15) is 5.26 Å². The van der Waals surface area contributed by atoms with Gasteiger partial charge in [0, 0.05) is 32.0 Å². The van der Waals surface area contributed by atoms with Gasteiger partial charge < -0.3 is 4.57 Å². The van der Waals surface area contributed by atoms with Gasteiger partial charge in [0.2, 0.25) is 0 Å². The fourth-order valence-electron chi connectivity index (χ4n) is 2.08. The molecule has 5 nitrogen and oxygen atoms in total. The molecule has 0 aromatic carbocycles. The van der Waals surface area contributed by atoms with Gasteiger partial charge in [-0.1, -0.05) is 0 Å². The summed E-state index contributed by atoms with van der Waals surface area (Å²) in [6.45, 7) is 7.74. The third kappa shape index (κ3) is 5.01. The van der Waals surface area contributed by atoms with E-state index in [1.54, 1.807) is 0 Å². The Hall–Kier alpha value is -1.38. The van der Waals surface area contributed by atoms with Crippen LogP contribution in [0.5, 0.6) is 0 Å². The van der Waals surface area contributed by atoms with Crippen molar-refractivity contribution < 1.29 is 0 Å². The summed E-state index contributed by atoms with van der Waals surface area (Å²) in [7, 11) is 4.05. The van der Waals surface area contributed by atoms with Gasteiger partial charge in [0.05, 0.1) is 12.6 Å². The van der Waals surface area contributed by atoms with Crippen molar-refractivity contribution in [3.05, 3.63) is 18.2 Å². The van der Waals surface area contributed by atoms with Gasteiger partial charge >= 0.3 is 0 Å². The van der Waals surface area contributed by atoms with Crippen molar-refractivity contribution in [2.75, 3.05) is 13.6 Å². The van der Waals surface area contributed by atoms with Crippen LogP contribution in [0.15, 0.2) is 12.4 Å². The zero-order chi connectivity index (χ0) is 14.5. The number of aryl methyl sites for hydroxylation is 1. The molecule has 0 spiro atoms. The summed E-state index contributed by atoms with van der Waals surface area (Å²) in [5, 5.41) is 12.6. The fraction of sp³-hybridized carbons (Fsp3) is 0.714. The predicted molar refractivity (Wildman–Crippen MR) is 76.4 cm³/mol. The molecule has 1 N–H and O–H groups in total. The lowest BCUT2D eigenvalue weighted by atomic mass is 9.98. The molecule has 0 radical (unpaired) electrons. The molecule has 0 saturated heterocycles. The molecule has 1 rings (SSSR count). The summed E-state index contributed by atoms with van der Waals surface area (Å²) < 4.78 is 2.02. The van der Waals surface area contributed by atoms with Crippen molar-refractivity contribution >= 4 is 0 Å². The lowest BCUT2D eigenvalue weighted by Crippen LogP contribution is -2.46. The van der Waals surface area contributed by atoms with Crippen LogP contribution >= 0.6 is 0 Å². The number of hydrogen-bond acceptors (Lipinski definition) is 4. The number of nitrogens with zero attached hydrogens (tertiary/aromatic N) is 4. The average Bonchev–Trinajstić information content (AvgIpc) is 2.72. The van der Waals surface area contributed by atoms with Gasteiger partial charge in [0.1, 0.15) is 11.4 Å². The van der Waals surface area contributed by atoms with Crippen LogP contribution in [0.1, 0.15) is 33.0 Å². The van der Waals surface area contributed by atoms with Crippen LogP contribution in [0, 0.1) is 11.3 Å². The summed E-state index contributed by atoms with van der Waals surface area (Å²) >= 11 is 0. The predicted octanol–water partition coefficient (Wildman–Crippen LogP) is 1.52. The number of nitriles is 1. The monoisotopic (exact) mass is 263 g/mol. The molecule has 1 unspecified atom stereocenters. The van der Waals surface area contributed by atoms with E-state index in [1.807, 2.05) is 30.9 Å². The van der Waals surface area contributed by atoms with E-state index >= 15 is 0 Å². The summed E-state index contributed by atoms with van der Waals surface area (Å²) in [5.41, 5.74) is -0.468. The second-order valence-corrected chi connectivity index (χ2v) is 5.69. The molecule has 1 heterocycles. The minimum atomic E-state index is -0.468. The molecule has 1 atom stereocenters. The largest absolute Gasteiger partial charge is 0.337 e. The Morgan fingerprint density at radius 2 is 2.26 bits per heavy atom. The second kappa shape index (κ2) is 6.69. The molecule has 0 aliphatic heterocycles. The number of aromatic nitrogens is 2. The summed E-state index contributed by atoms with van der Waals surface area (Å²) in [4.78, 5) is 6.50. The van der Waals surface area contributed by atoms with Crippen LogP contribution in [-0.2, 0) is 13.6 Å². The van der Waals surface area contributed by atoms with Gasteiger partial charge in [-0.3, -0.25) is 10.2 Å². The number of imidazole rings is 1. The van der Waals surface area contributed by atoms with E-state index in [4.69, 9.17) is 0 Å². The van der Waals surface area contributed by atoms with E-state index < -0.39 is 5.54 Å². The van der Waals surface area contributed by atoms with Crippen molar-refractivity contribution in [1.29, 1.82) is 5.26 Å². The van der Waals surface area contributed by atoms with Gasteiger partial charge in [-0.05, 0) is 34.2 Å².